The number of hydrogen-bond donors (Lipinski definition) is 1. The van der Waals surface area contributed by atoms with Crippen molar-refractivity contribution in [2.24, 2.45) is 10.9 Å². The van der Waals surface area contributed by atoms with E-state index >= 15 is 0 Å². The molecule has 0 atom stereocenters. The summed E-state index contributed by atoms with van der Waals surface area (Å²) >= 11 is 0. The Morgan fingerprint density at radius 2 is 1.74 bits per heavy atom. The lowest BCUT2D eigenvalue weighted by Crippen LogP contribution is -2.16. The molecule has 0 aliphatic heterocycles. The molecule has 96 valence electrons. The van der Waals surface area contributed by atoms with Gasteiger partial charge in [0.1, 0.15) is 0 Å². The zero-order valence-electron chi connectivity index (χ0n) is 10.5. The molecule has 0 radical (unpaired) electrons. The topological polar surface area (TPSA) is 78.8 Å². The normalized spacial score (nSPS) is 11.1. The van der Waals surface area contributed by atoms with Crippen LogP contribution in [0, 0.1) is 6.92 Å². The lowest BCUT2D eigenvalue weighted by molar-refractivity contribution is -0.378. The van der Waals surface area contributed by atoms with Gasteiger partial charge in [0.05, 0.1) is 5.56 Å². The number of benzene rings is 1. The number of carbonyl (C=O) groups is 1. The average Bonchev–Trinajstić information content (AvgIpc) is 2.46. The Labute approximate surface area is 110 Å². The van der Waals surface area contributed by atoms with Gasteiger partial charge in [-0.1, -0.05) is 22.9 Å². The van der Waals surface area contributed by atoms with Gasteiger partial charge in [-0.25, -0.2) is 9.78 Å². The first kappa shape index (κ1) is 12.8. The molecule has 19 heavy (non-hydrogen) atoms. The minimum atomic E-state index is -0.537. The van der Waals surface area contributed by atoms with Crippen LogP contribution in [0.15, 0.2) is 53.9 Å². The highest BCUT2D eigenvalue weighted by molar-refractivity contribution is 5.97. The highest BCUT2D eigenvalue weighted by atomic mass is 16.7. The summed E-state index contributed by atoms with van der Waals surface area (Å²) in [6, 6.07) is 10.5. The molecule has 2 rings (SSSR count). The number of aromatic nitrogens is 1. The van der Waals surface area contributed by atoms with E-state index < -0.39 is 5.97 Å². The maximum atomic E-state index is 11.7. The van der Waals surface area contributed by atoms with Gasteiger partial charge < -0.3 is 10.6 Å². The first-order valence-electron chi connectivity index (χ1n) is 5.75. The highest BCUT2D eigenvalue weighted by Gasteiger charge is 2.07. The quantitative estimate of drug-likeness (QED) is 0.389. The zero-order chi connectivity index (χ0) is 13.7. The van der Waals surface area contributed by atoms with E-state index in [9.17, 15) is 4.79 Å². The van der Waals surface area contributed by atoms with Crippen LogP contribution in [-0.2, 0) is 4.84 Å². The van der Waals surface area contributed by atoms with E-state index in [0.717, 1.165) is 5.56 Å². The molecule has 0 aliphatic rings. The van der Waals surface area contributed by atoms with Crippen LogP contribution < -0.4 is 10.7 Å². The molecule has 0 fully saturated rings. The summed E-state index contributed by atoms with van der Waals surface area (Å²) in [4.78, 5) is 19.4. The Balaban J connectivity index is 2.06. The molecular formula is C14H14N3O2+. The maximum Gasteiger partial charge on any atom is 0.365 e. The molecular weight excluding hydrogens is 242 g/mol. The summed E-state index contributed by atoms with van der Waals surface area (Å²) in [7, 11) is 0. The van der Waals surface area contributed by atoms with Gasteiger partial charge in [0.25, 0.3) is 0 Å². The first-order valence-corrected chi connectivity index (χ1v) is 5.75. The second-order valence-corrected chi connectivity index (χ2v) is 4.01. The maximum absolute atomic E-state index is 11.7. The molecule has 0 unspecified atom stereocenters. The van der Waals surface area contributed by atoms with E-state index in [1.54, 1.807) is 36.7 Å². The lowest BCUT2D eigenvalue weighted by atomic mass is 10.2. The summed E-state index contributed by atoms with van der Waals surface area (Å²) in [5, 5.41) is 3.62. The van der Waals surface area contributed by atoms with E-state index in [2.05, 4.69) is 10.1 Å². The van der Waals surface area contributed by atoms with E-state index in [1.165, 1.54) is 0 Å². The number of nitrogens with two attached hydrogens (primary N) is 1. The number of hydrogen-bond acceptors (Lipinski definition) is 3. The highest BCUT2D eigenvalue weighted by Crippen LogP contribution is 2.05. The summed E-state index contributed by atoms with van der Waals surface area (Å²) in [5.74, 6) is -0.389. The molecule has 3 N–H and O–H groups in total. The Hall–Kier alpha value is -2.69. The summed E-state index contributed by atoms with van der Waals surface area (Å²) < 4.78 is 0. The zero-order valence-corrected chi connectivity index (χ0v) is 10.5. The molecule has 0 aliphatic carbocycles. The van der Waals surface area contributed by atoms with E-state index in [1.807, 2.05) is 19.1 Å². The number of H-pyrrole nitrogens is 1. The SMILES string of the molecule is Cc1ccc(C(=O)ON=C(N)c2cc[nH+]cc2)cc1. The van der Waals surface area contributed by atoms with Crippen LogP contribution in [0.25, 0.3) is 0 Å². The third kappa shape index (κ3) is 3.38. The van der Waals surface area contributed by atoms with Crippen molar-refractivity contribution >= 4 is 11.8 Å². The lowest BCUT2D eigenvalue weighted by Gasteiger charge is -2.00. The van der Waals surface area contributed by atoms with E-state index in [4.69, 9.17) is 10.6 Å². The largest absolute Gasteiger partial charge is 0.380 e. The number of nitrogens with zero attached hydrogens (tertiary/aromatic N) is 1. The first-order chi connectivity index (χ1) is 9.16. The fraction of sp³-hybridized carbons (Fsp3) is 0.0714. The smallest absolute Gasteiger partial charge is 0.365 e. The van der Waals surface area contributed by atoms with Crippen LogP contribution >= 0.6 is 0 Å². The number of aromatic amines is 1. The Morgan fingerprint density at radius 1 is 1.11 bits per heavy atom. The number of aryl methyl sites for hydroxylation is 1. The minimum Gasteiger partial charge on any atom is -0.380 e. The summed E-state index contributed by atoms with van der Waals surface area (Å²) in [5.41, 5.74) is 7.88. The van der Waals surface area contributed by atoms with Gasteiger partial charge in [-0.2, -0.15) is 0 Å². The van der Waals surface area contributed by atoms with Crippen molar-refractivity contribution in [1.82, 2.24) is 0 Å². The molecule has 0 amide bonds. The van der Waals surface area contributed by atoms with Gasteiger partial charge in [0, 0.05) is 17.7 Å². The second kappa shape index (κ2) is 5.77. The van der Waals surface area contributed by atoms with Crippen molar-refractivity contribution < 1.29 is 14.6 Å². The minimum absolute atomic E-state index is 0.148. The molecule has 0 saturated carbocycles. The van der Waals surface area contributed by atoms with E-state index in [-0.39, 0.29) is 5.84 Å². The second-order valence-electron chi connectivity index (χ2n) is 4.01. The number of nitrogens with one attached hydrogen (secondary N) is 1. The standard InChI is InChI=1S/C14H13N3O2/c1-10-2-4-12(5-3-10)14(18)19-17-13(15)11-6-8-16-9-7-11/h2-9H,1H3,(H2,15,17)/p+1. The number of oxime groups is 1. The molecule has 1 aromatic carbocycles. The molecule has 5 nitrogen and oxygen atoms in total. The predicted molar refractivity (Wildman–Crippen MR) is 70.3 cm³/mol. The van der Waals surface area contributed by atoms with Gasteiger partial charge >= 0.3 is 5.97 Å². The van der Waals surface area contributed by atoms with Crippen molar-refractivity contribution in [3.05, 3.63) is 65.5 Å². The van der Waals surface area contributed by atoms with Crippen molar-refractivity contribution in [2.45, 2.75) is 6.92 Å². The van der Waals surface area contributed by atoms with Crippen LogP contribution in [0.5, 0.6) is 0 Å². The number of rotatable bonds is 3. The van der Waals surface area contributed by atoms with Crippen LogP contribution in [0.2, 0.25) is 0 Å². The third-order valence-corrected chi connectivity index (χ3v) is 2.53. The Bertz CT molecular complexity index is 592. The molecule has 0 bridgehead atoms. The van der Waals surface area contributed by atoms with Crippen molar-refractivity contribution in [3.63, 3.8) is 0 Å². The molecule has 1 heterocycles. The Kier molecular flexibility index (Phi) is 3.87. The van der Waals surface area contributed by atoms with Crippen LogP contribution in [-0.4, -0.2) is 11.8 Å². The van der Waals surface area contributed by atoms with E-state index in [0.29, 0.717) is 11.1 Å². The van der Waals surface area contributed by atoms with Crippen molar-refractivity contribution in [2.75, 3.05) is 0 Å². The molecule has 1 aromatic heterocycles. The molecule has 2 aromatic rings. The number of carbonyl (C=O) groups excluding carboxylic acids is 1. The number of amidine groups is 1. The third-order valence-electron chi connectivity index (χ3n) is 2.53. The molecule has 0 saturated heterocycles. The van der Waals surface area contributed by atoms with Gasteiger partial charge in [0.15, 0.2) is 18.2 Å². The average molecular weight is 256 g/mol. The Morgan fingerprint density at radius 3 is 2.37 bits per heavy atom. The molecule has 5 heteroatoms. The van der Waals surface area contributed by atoms with Crippen molar-refractivity contribution in [3.8, 4) is 0 Å². The summed E-state index contributed by atoms with van der Waals surface area (Å²) in [6.07, 6.45) is 3.42. The monoisotopic (exact) mass is 256 g/mol. The number of pyridine rings is 1. The van der Waals surface area contributed by atoms with Crippen molar-refractivity contribution in [1.29, 1.82) is 0 Å². The predicted octanol–water partition coefficient (Wildman–Crippen LogP) is 1.29. The van der Waals surface area contributed by atoms with Gasteiger partial charge in [-0.05, 0) is 19.1 Å². The fourth-order valence-corrected chi connectivity index (χ4v) is 1.44. The van der Waals surface area contributed by atoms with Gasteiger partial charge in [-0.15, -0.1) is 0 Å². The summed E-state index contributed by atoms with van der Waals surface area (Å²) in [6.45, 7) is 1.94. The van der Waals surface area contributed by atoms with Crippen LogP contribution in [0.4, 0.5) is 0 Å². The fourth-order valence-electron chi connectivity index (χ4n) is 1.44. The van der Waals surface area contributed by atoms with Crippen LogP contribution in [0.3, 0.4) is 0 Å². The van der Waals surface area contributed by atoms with Gasteiger partial charge in [0.2, 0.25) is 0 Å². The van der Waals surface area contributed by atoms with Crippen LogP contribution in [0.1, 0.15) is 21.5 Å². The molecule has 0 spiro atoms. The van der Waals surface area contributed by atoms with Gasteiger partial charge in [-0.3, -0.25) is 0 Å².